The number of nitrogens with two attached hydrogens (primary N) is 1. The van der Waals surface area contributed by atoms with E-state index < -0.39 is 17.6 Å². The second kappa shape index (κ2) is 6.12. The van der Waals surface area contributed by atoms with Gasteiger partial charge in [0.2, 0.25) is 0 Å². The number of carbonyl (C=O) groups is 1. The van der Waals surface area contributed by atoms with Gasteiger partial charge in [0.25, 0.3) is 5.91 Å². The number of anilines is 1. The Bertz CT molecular complexity index is 916. The minimum absolute atomic E-state index is 0.206. The Kier molecular flexibility index (Phi) is 4.12. The zero-order valence-corrected chi connectivity index (χ0v) is 14.2. The summed E-state index contributed by atoms with van der Waals surface area (Å²) in [5.41, 5.74) is 6.88. The fraction of sp³-hybridized carbons (Fsp3) is 0.294. The molecule has 0 saturated carbocycles. The van der Waals surface area contributed by atoms with Gasteiger partial charge in [-0.05, 0) is 26.8 Å². The van der Waals surface area contributed by atoms with Crippen LogP contribution < -0.4 is 11.1 Å². The van der Waals surface area contributed by atoms with E-state index in [0.29, 0.717) is 11.2 Å². The molecule has 1 atom stereocenters. The highest BCUT2D eigenvalue weighted by atomic mass is 19.1. The van der Waals surface area contributed by atoms with E-state index in [2.05, 4.69) is 20.4 Å². The lowest BCUT2D eigenvalue weighted by Crippen LogP contribution is -2.36. The van der Waals surface area contributed by atoms with Gasteiger partial charge in [-0.1, -0.05) is 0 Å². The van der Waals surface area contributed by atoms with Crippen molar-refractivity contribution in [2.45, 2.75) is 32.5 Å². The maximum absolute atomic E-state index is 14.3. The van der Waals surface area contributed by atoms with Crippen molar-refractivity contribution >= 4 is 17.1 Å². The fourth-order valence-corrected chi connectivity index (χ4v) is 2.39. The van der Waals surface area contributed by atoms with Gasteiger partial charge in [0.15, 0.2) is 0 Å². The molecule has 8 heteroatoms. The van der Waals surface area contributed by atoms with Crippen molar-refractivity contribution in [2.24, 2.45) is 5.73 Å². The Morgan fingerprint density at radius 3 is 2.56 bits per heavy atom. The molecule has 7 nitrogen and oxygen atoms in total. The molecule has 0 fully saturated rings. The van der Waals surface area contributed by atoms with Crippen LogP contribution in [0.2, 0.25) is 0 Å². The van der Waals surface area contributed by atoms with Gasteiger partial charge in [-0.25, -0.2) is 18.9 Å². The van der Waals surface area contributed by atoms with E-state index >= 15 is 0 Å². The van der Waals surface area contributed by atoms with Crippen molar-refractivity contribution in [3.05, 3.63) is 42.7 Å². The van der Waals surface area contributed by atoms with Gasteiger partial charge in [-0.3, -0.25) is 4.79 Å². The molecule has 0 bridgehead atoms. The van der Waals surface area contributed by atoms with Gasteiger partial charge in [-0.15, -0.1) is 0 Å². The molecular weight excluding hydrogens is 323 g/mol. The van der Waals surface area contributed by atoms with Crippen LogP contribution in [0.5, 0.6) is 0 Å². The lowest BCUT2D eigenvalue weighted by Gasteiger charge is -2.26. The molecular formula is C17H19FN6O. The number of primary amides is 1. The molecule has 3 rings (SSSR count). The van der Waals surface area contributed by atoms with Crippen LogP contribution in [0.3, 0.4) is 0 Å². The maximum Gasteiger partial charge on any atom is 0.252 e. The van der Waals surface area contributed by atoms with Crippen LogP contribution in [-0.4, -0.2) is 37.2 Å². The Labute approximate surface area is 144 Å². The van der Waals surface area contributed by atoms with Crippen LogP contribution in [-0.2, 0) is 0 Å². The number of hydrogen-bond donors (Lipinski definition) is 2. The number of alkyl halides is 1. The summed E-state index contributed by atoms with van der Waals surface area (Å²) in [5, 5.41) is 7.29. The molecule has 0 aliphatic rings. The van der Waals surface area contributed by atoms with Gasteiger partial charge in [0, 0.05) is 29.7 Å². The van der Waals surface area contributed by atoms with Gasteiger partial charge in [0.05, 0.1) is 29.0 Å². The van der Waals surface area contributed by atoms with Gasteiger partial charge >= 0.3 is 0 Å². The molecule has 3 N–H and O–H groups in total. The SMILES string of the molecule is CC(Nc1c(C(N)=O)cnn2cc(-c3cncnc3)cc12)C(C)(C)F. The maximum atomic E-state index is 14.3. The Morgan fingerprint density at radius 2 is 1.96 bits per heavy atom. The van der Waals surface area contributed by atoms with Crippen LogP contribution in [0.1, 0.15) is 31.1 Å². The molecule has 130 valence electrons. The van der Waals surface area contributed by atoms with E-state index in [1.807, 2.05) is 6.07 Å². The zero-order valence-electron chi connectivity index (χ0n) is 14.2. The second-order valence-corrected chi connectivity index (χ2v) is 6.41. The molecule has 0 radical (unpaired) electrons. The van der Waals surface area contributed by atoms with Crippen LogP contribution in [0.15, 0.2) is 37.2 Å². The average molecular weight is 342 g/mol. The molecule has 0 aliphatic heterocycles. The highest BCUT2D eigenvalue weighted by Gasteiger charge is 2.27. The van der Waals surface area contributed by atoms with Crippen LogP contribution >= 0.6 is 0 Å². The topological polar surface area (TPSA) is 98.2 Å². The lowest BCUT2D eigenvalue weighted by atomic mass is 10.0. The average Bonchev–Trinajstić information content (AvgIpc) is 2.99. The number of carbonyl (C=O) groups excluding carboxylic acids is 1. The molecule has 3 heterocycles. The van der Waals surface area contributed by atoms with Crippen LogP contribution in [0, 0.1) is 0 Å². The Balaban J connectivity index is 2.15. The first-order valence-electron chi connectivity index (χ1n) is 7.79. The smallest absolute Gasteiger partial charge is 0.252 e. The van der Waals surface area contributed by atoms with Crippen molar-refractivity contribution in [2.75, 3.05) is 5.32 Å². The normalized spacial score (nSPS) is 13.0. The lowest BCUT2D eigenvalue weighted by molar-refractivity contribution is 0.1000. The summed E-state index contributed by atoms with van der Waals surface area (Å²) in [4.78, 5) is 19.8. The number of rotatable bonds is 5. The number of hydrogen-bond acceptors (Lipinski definition) is 5. The first-order chi connectivity index (χ1) is 11.8. The van der Waals surface area contributed by atoms with Crippen LogP contribution in [0.4, 0.5) is 10.1 Å². The van der Waals surface area contributed by atoms with Crippen molar-refractivity contribution in [3.63, 3.8) is 0 Å². The molecule has 1 unspecified atom stereocenters. The summed E-state index contributed by atoms with van der Waals surface area (Å²) in [6, 6.07) is 1.29. The molecule has 0 aromatic carbocycles. The van der Waals surface area contributed by atoms with Crippen molar-refractivity contribution < 1.29 is 9.18 Å². The van der Waals surface area contributed by atoms with E-state index in [1.54, 1.807) is 30.0 Å². The van der Waals surface area contributed by atoms with Gasteiger partial charge < -0.3 is 11.1 Å². The molecule has 1 amide bonds. The predicted molar refractivity (Wildman–Crippen MR) is 93.0 cm³/mol. The monoisotopic (exact) mass is 342 g/mol. The van der Waals surface area contributed by atoms with E-state index in [-0.39, 0.29) is 5.56 Å². The number of aromatic nitrogens is 4. The molecule has 25 heavy (non-hydrogen) atoms. The minimum Gasteiger partial charge on any atom is -0.377 e. The minimum atomic E-state index is -1.49. The third kappa shape index (κ3) is 3.28. The number of halogens is 1. The van der Waals surface area contributed by atoms with E-state index in [1.165, 1.54) is 26.4 Å². The quantitative estimate of drug-likeness (QED) is 0.742. The molecule has 3 aromatic heterocycles. The fourth-order valence-electron chi connectivity index (χ4n) is 2.39. The molecule has 0 aliphatic carbocycles. The summed E-state index contributed by atoms with van der Waals surface area (Å²) in [7, 11) is 0. The highest BCUT2D eigenvalue weighted by molar-refractivity contribution is 6.02. The van der Waals surface area contributed by atoms with Crippen molar-refractivity contribution in [1.82, 2.24) is 19.6 Å². The third-order valence-corrected chi connectivity index (χ3v) is 4.19. The van der Waals surface area contributed by atoms with E-state index in [9.17, 15) is 9.18 Å². The van der Waals surface area contributed by atoms with E-state index in [0.717, 1.165) is 11.1 Å². The van der Waals surface area contributed by atoms with E-state index in [4.69, 9.17) is 5.73 Å². The number of amides is 1. The summed E-state index contributed by atoms with van der Waals surface area (Å²) in [6.07, 6.45) is 7.96. The molecule has 0 saturated heterocycles. The second-order valence-electron chi connectivity index (χ2n) is 6.41. The number of nitrogens with zero attached hydrogens (tertiary/aromatic N) is 4. The van der Waals surface area contributed by atoms with Crippen molar-refractivity contribution in [1.29, 1.82) is 0 Å². The first kappa shape index (κ1) is 16.8. The molecule has 3 aromatic rings. The number of fused-ring (bicyclic) bond motifs is 1. The van der Waals surface area contributed by atoms with Gasteiger partial charge in [-0.2, -0.15) is 5.10 Å². The Hall–Kier alpha value is -3.03. The zero-order chi connectivity index (χ0) is 18.2. The summed E-state index contributed by atoms with van der Waals surface area (Å²) in [6.45, 7) is 4.65. The summed E-state index contributed by atoms with van der Waals surface area (Å²) >= 11 is 0. The predicted octanol–water partition coefficient (Wildman–Crippen LogP) is 2.44. The molecule has 0 spiro atoms. The Morgan fingerprint density at radius 1 is 1.28 bits per heavy atom. The third-order valence-electron chi connectivity index (χ3n) is 4.19. The van der Waals surface area contributed by atoms with Crippen LogP contribution in [0.25, 0.3) is 16.6 Å². The van der Waals surface area contributed by atoms with Gasteiger partial charge in [0.1, 0.15) is 12.0 Å². The standard InChI is InChI=1S/C17H19FN6O/c1-10(17(2,3)18)23-15-13(16(19)25)7-22-24-8-11(4-14(15)24)12-5-20-9-21-6-12/h4-10,23H,1-3H3,(H2,19,25). The summed E-state index contributed by atoms with van der Waals surface area (Å²) < 4.78 is 15.9. The first-order valence-corrected chi connectivity index (χ1v) is 7.79. The summed E-state index contributed by atoms with van der Waals surface area (Å²) in [5.74, 6) is -0.632. The largest absolute Gasteiger partial charge is 0.377 e. The number of nitrogens with one attached hydrogen (secondary N) is 1. The van der Waals surface area contributed by atoms with Crippen molar-refractivity contribution in [3.8, 4) is 11.1 Å². The highest BCUT2D eigenvalue weighted by Crippen LogP contribution is 2.30.